The minimum atomic E-state index is -0.866. The molecule has 2 N–H and O–H groups in total. The van der Waals surface area contributed by atoms with Gasteiger partial charge in [-0.05, 0) is 70.3 Å². The SMILES string of the molecule is CC(COC(C)(C)C(C)(C)CCO)C(C)(C)C(C)(C)OCCC(C)(C)OC(=O)NC(=O)OCc1ccccc1. The smallest absolute Gasteiger partial charge is 0.417 e. The highest BCUT2D eigenvalue weighted by Crippen LogP contribution is 2.43. The van der Waals surface area contributed by atoms with E-state index in [1.165, 1.54) is 0 Å². The van der Waals surface area contributed by atoms with E-state index in [4.69, 9.17) is 18.9 Å². The molecule has 0 aliphatic rings. The molecule has 0 spiro atoms. The van der Waals surface area contributed by atoms with Crippen LogP contribution in [-0.4, -0.2) is 53.9 Å². The normalized spacial score (nSPS) is 14.1. The maximum absolute atomic E-state index is 12.3. The number of carbonyl (C=O) groups is 2. The van der Waals surface area contributed by atoms with E-state index in [0.717, 1.165) is 5.56 Å². The Kier molecular flexibility index (Phi) is 12.5. The number of amides is 2. The zero-order valence-corrected chi connectivity index (χ0v) is 26.1. The molecule has 8 nitrogen and oxygen atoms in total. The summed E-state index contributed by atoms with van der Waals surface area (Å²) in [5.74, 6) is 0.175. The van der Waals surface area contributed by atoms with Gasteiger partial charge < -0.3 is 24.1 Å². The van der Waals surface area contributed by atoms with Crippen LogP contribution >= 0.6 is 0 Å². The van der Waals surface area contributed by atoms with E-state index >= 15 is 0 Å². The van der Waals surface area contributed by atoms with Crippen molar-refractivity contribution in [1.29, 1.82) is 0 Å². The number of aliphatic hydroxyl groups excluding tert-OH is 1. The fourth-order valence-corrected chi connectivity index (χ4v) is 3.82. The Morgan fingerprint density at radius 1 is 0.846 bits per heavy atom. The number of imide groups is 1. The molecule has 0 bridgehead atoms. The third kappa shape index (κ3) is 10.7. The first-order valence-corrected chi connectivity index (χ1v) is 13.9. The lowest BCUT2D eigenvalue weighted by molar-refractivity contribution is -0.162. The van der Waals surface area contributed by atoms with Crippen LogP contribution in [0.15, 0.2) is 30.3 Å². The van der Waals surface area contributed by atoms with Crippen molar-refractivity contribution in [3.63, 3.8) is 0 Å². The second kappa shape index (κ2) is 14.0. The first kappa shape index (κ1) is 34.9. The molecule has 1 aromatic carbocycles. The summed E-state index contributed by atoms with van der Waals surface area (Å²) < 4.78 is 23.3. The predicted octanol–water partition coefficient (Wildman–Crippen LogP) is 6.88. The highest BCUT2D eigenvalue weighted by atomic mass is 16.6. The van der Waals surface area contributed by atoms with Gasteiger partial charge in [0.25, 0.3) is 0 Å². The molecule has 0 saturated heterocycles. The molecule has 224 valence electrons. The zero-order valence-electron chi connectivity index (χ0n) is 26.1. The minimum absolute atomic E-state index is 0.0590. The Morgan fingerprint density at radius 3 is 2.00 bits per heavy atom. The first-order valence-electron chi connectivity index (χ1n) is 13.9. The maximum Gasteiger partial charge on any atom is 0.417 e. The van der Waals surface area contributed by atoms with Gasteiger partial charge in [0.05, 0.1) is 24.4 Å². The monoisotopic (exact) mass is 551 g/mol. The van der Waals surface area contributed by atoms with Crippen LogP contribution in [-0.2, 0) is 25.6 Å². The topological polar surface area (TPSA) is 103 Å². The number of hydrogen-bond acceptors (Lipinski definition) is 7. The molecule has 0 aromatic heterocycles. The largest absolute Gasteiger partial charge is 0.444 e. The molecular weight excluding hydrogens is 498 g/mol. The molecule has 2 amide bonds. The predicted molar refractivity (Wildman–Crippen MR) is 153 cm³/mol. The number of hydrogen-bond donors (Lipinski definition) is 2. The van der Waals surface area contributed by atoms with E-state index in [1.807, 2.05) is 30.3 Å². The van der Waals surface area contributed by atoms with Crippen LogP contribution < -0.4 is 5.32 Å². The van der Waals surface area contributed by atoms with Crippen molar-refractivity contribution in [3.05, 3.63) is 35.9 Å². The molecule has 1 atom stereocenters. The summed E-state index contributed by atoms with van der Waals surface area (Å²) in [5.41, 5.74) is -1.36. The summed E-state index contributed by atoms with van der Waals surface area (Å²) in [6, 6.07) is 9.20. The highest BCUT2D eigenvalue weighted by molar-refractivity contribution is 5.87. The standard InChI is InChI=1S/C31H53NO7/c1-23(21-38-30(8,9)27(2,3)17-19-33)29(6,7)31(10,11)37-20-18-28(4,5)39-26(35)32-25(34)36-22-24-15-13-12-14-16-24/h12-16,23,33H,17-22H2,1-11H3,(H,32,34,35). The van der Waals surface area contributed by atoms with Gasteiger partial charge in [0.2, 0.25) is 0 Å². The van der Waals surface area contributed by atoms with Crippen LogP contribution in [0.5, 0.6) is 0 Å². The van der Waals surface area contributed by atoms with Crippen molar-refractivity contribution >= 4 is 12.2 Å². The molecular formula is C31H53NO7. The van der Waals surface area contributed by atoms with Gasteiger partial charge in [-0.15, -0.1) is 0 Å². The van der Waals surface area contributed by atoms with E-state index in [0.29, 0.717) is 26.1 Å². The highest BCUT2D eigenvalue weighted by Gasteiger charge is 2.44. The van der Waals surface area contributed by atoms with Crippen molar-refractivity contribution in [2.24, 2.45) is 16.7 Å². The summed E-state index contributed by atoms with van der Waals surface area (Å²) in [7, 11) is 0. The summed E-state index contributed by atoms with van der Waals surface area (Å²) in [6.07, 6.45) is -0.628. The summed E-state index contributed by atoms with van der Waals surface area (Å²) in [6.45, 7) is 23.7. The number of alkyl carbamates (subject to hydrolysis) is 2. The lowest BCUT2D eigenvalue weighted by Gasteiger charge is -2.48. The molecule has 1 rings (SSSR count). The fourth-order valence-electron chi connectivity index (χ4n) is 3.82. The summed E-state index contributed by atoms with van der Waals surface area (Å²) in [4.78, 5) is 24.2. The van der Waals surface area contributed by atoms with Crippen LogP contribution in [0.25, 0.3) is 0 Å². The van der Waals surface area contributed by atoms with E-state index < -0.39 is 29.0 Å². The summed E-state index contributed by atoms with van der Waals surface area (Å²) in [5, 5.41) is 11.5. The maximum atomic E-state index is 12.3. The van der Waals surface area contributed by atoms with Crippen molar-refractivity contribution in [3.8, 4) is 0 Å². The van der Waals surface area contributed by atoms with Crippen LogP contribution in [0.4, 0.5) is 9.59 Å². The van der Waals surface area contributed by atoms with Gasteiger partial charge in [-0.3, -0.25) is 0 Å². The number of rotatable bonds is 15. The van der Waals surface area contributed by atoms with Gasteiger partial charge in [-0.25, -0.2) is 14.9 Å². The average Bonchev–Trinajstić information content (AvgIpc) is 2.80. The zero-order chi connectivity index (χ0) is 30.1. The molecule has 0 saturated carbocycles. The molecule has 0 aliphatic carbocycles. The Balaban J connectivity index is 2.57. The van der Waals surface area contributed by atoms with Crippen molar-refractivity contribution in [2.45, 2.75) is 112 Å². The van der Waals surface area contributed by atoms with E-state index in [9.17, 15) is 14.7 Å². The van der Waals surface area contributed by atoms with Gasteiger partial charge in [-0.1, -0.05) is 65.0 Å². The van der Waals surface area contributed by atoms with Crippen LogP contribution in [0.1, 0.15) is 94.6 Å². The lowest BCUT2D eigenvalue weighted by atomic mass is 9.68. The van der Waals surface area contributed by atoms with E-state index in [-0.39, 0.29) is 30.0 Å². The van der Waals surface area contributed by atoms with Crippen molar-refractivity contribution in [2.75, 3.05) is 19.8 Å². The molecule has 0 radical (unpaired) electrons. The molecule has 8 heteroatoms. The Labute approximate surface area is 236 Å². The average molecular weight is 552 g/mol. The second-order valence-corrected chi connectivity index (χ2v) is 13.2. The quantitative estimate of drug-likeness (QED) is 0.245. The number of aliphatic hydroxyl groups is 1. The Morgan fingerprint density at radius 2 is 1.44 bits per heavy atom. The molecule has 1 aromatic rings. The molecule has 0 aliphatic heterocycles. The molecule has 1 unspecified atom stereocenters. The van der Waals surface area contributed by atoms with E-state index in [1.54, 1.807) is 13.8 Å². The van der Waals surface area contributed by atoms with Gasteiger partial charge in [0.15, 0.2) is 0 Å². The Hall–Kier alpha value is -2.16. The fraction of sp³-hybridized carbons (Fsp3) is 0.742. The third-order valence-electron chi connectivity index (χ3n) is 8.80. The Bertz CT molecular complexity index is 907. The molecule has 0 heterocycles. The second-order valence-electron chi connectivity index (χ2n) is 13.2. The van der Waals surface area contributed by atoms with Gasteiger partial charge in [0.1, 0.15) is 12.2 Å². The first-order chi connectivity index (χ1) is 17.8. The van der Waals surface area contributed by atoms with E-state index in [2.05, 4.69) is 67.6 Å². The van der Waals surface area contributed by atoms with Crippen LogP contribution in [0.3, 0.4) is 0 Å². The van der Waals surface area contributed by atoms with Crippen molar-refractivity contribution < 1.29 is 33.6 Å². The number of carbonyl (C=O) groups excluding carboxylic acids is 2. The summed E-state index contributed by atoms with van der Waals surface area (Å²) >= 11 is 0. The lowest BCUT2D eigenvalue weighted by Crippen LogP contribution is -2.49. The number of benzene rings is 1. The molecule has 39 heavy (non-hydrogen) atoms. The van der Waals surface area contributed by atoms with Gasteiger partial charge in [0, 0.05) is 13.0 Å². The third-order valence-corrected chi connectivity index (χ3v) is 8.80. The van der Waals surface area contributed by atoms with Crippen molar-refractivity contribution in [1.82, 2.24) is 5.32 Å². The number of nitrogens with one attached hydrogen (secondary N) is 1. The van der Waals surface area contributed by atoms with Gasteiger partial charge >= 0.3 is 12.2 Å². The van der Waals surface area contributed by atoms with Crippen LogP contribution in [0, 0.1) is 16.7 Å². The number of ether oxygens (including phenoxy) is 4. The van der Waals surface area contributed by atoms with Crippen LogP contribution in [0.2, 0.25) is 0 Å². The molecule has 0 fully saturated rings. The van der Waals surface area contributed by atoms with Gasteiger partial charge in [-0.2, -0.15) is 0 Å². The minimum Gasteiger partial charge on any atom is -0.444 e.